The van der Waals surface area contributed by atoms with Gasteiger partial charge in [-0.25, -0.2) is 0 Å². The van der Waals surface area contributed by atoms with Crippen molar-refractivity contribution in [3.8, 4) is 5.75 Å². The third kappa shape index (κ3) is 2.92. The molecule has 1 N–H and O–H groups in total. The molecule has 1 heterocycles. The Kier molecular flexibility index (Phi) is 4.02. The highest BCUT2D eigenvalue weighted by Crippen LogP contribution is 2.23. The number of carbonyl (C=O) groups excluding carboxylic acids is 1. The quantitative estimate of drug-likeness (QED) is 0.791. The molecule has 0 aliphatic rings. The first-order valence-electron chi connectivity index (χ1n) is 6.76. The summed E-state index contributed by atoms with van der Waals surface area (Å²) in [5.74, 6) is 0.904. The van der Waals surface area contributed by atoms with Crippen LogP contribution in [0.15, 0.2) is 52.9 Å². The maximum atomic E-state index is 12.3. The molecule has 1 aromatic heterocycles. The molecule has 22 heavy (non-hydrogen) atoms. The number of halogens is 1. The second-order valence-corrected chi connectivity index (χ2v) is 5.21. The van der Waals surface area contributed by atoms with Crippen molar-refractivity contribution in [2.45, 2.75) is 6.54 Å². The van der Waals surface area contributed by atoms with Gasteiger partial charge in [-0.15, -0.1) is 0 Å². The lowest BCUT2D eigenvalue weighted by atomic mass is 10.2. The molecule has 2 aromatic carbocycles. The Bertz CT molecular complexity index is 793. The average molecular weight is 316 g/mol. The van der Waals surface area contributed by atoms with Crippen LogP contribution in [-0.2, 0) is 6.54 Å². The molecule has 1 amide bonds. The number of benzene rings is 2. The van der Waals surface area contributed by atoms with Crippen molar-refractivity contribution in [1.29, 1.82) is 0 Å². The predicted octanol–water partition coefficient (Wildman–Crippen LogP) is 4.02. The van der Waals surface area contributed by atoms with Crippen molar-refractivity contribution in [2.24, 2.45) is 0 Å². The monoisotopic (exact) mass is 315 g/mol. The second kappa shape index (κ2) is 6.12. The van der Waals surface area contributed by atoms with E-state index in [1.165, 1.54) is 7.11 Å². The number of hydrogen-bond donors (Lipinski definition) is 1. The van der Waals surface area contributed by atoms with E-state index in [2.05, 4.69) is 5.32 Å². The molecule has 3 aromatic rings. The Morgan fingerprint density at radius 1 is 1.23 bits per heavy atom. The van der Waals surface area contributed by atoms with E-state index in [9.17, 15) is 4.79 Å². The lowest BCUT2D eigenvalue weighted by Crippen LogP contribution is -2.23. The van der Waals surface area contributed by atoms with Crippen LogP contribution in [0.5, 0.6) is 5.75 Å². The van der Waals surface area contributed by atoms with Gasteiger partial charge in [-0.3, -0.25) is 4.79 Å². The van der Waals surface area contributed by atoms with Crippen LogP contribution in [0.1, 0.15) is 16.1 Å². The van der Waals surface area contributed by atoms with Gasteiger partial charge < -0.3 is 14.5 Å². The van der Waals surface area contributed by atoms with E-state index >= 15 is 0 Å². The molecule has 3 rings (SSSR count). The van der Waals surface area contributed by atoms with Gasteiger partial charge >= 0.3 is 0 Å². The van der Waals surface area contributed by atoms with Crippen molar-refractivity contribution < 1.29 is 13.9 Å². The molecule has 5 heteroatoms. The number of rotatable bonds is 4. The molecular weight excluding hydrogens is 302 g/mol. The van der Waals surface area contributed by atoms with Gasteiger partial charge in [-0.1, -0.05) is 29.8 Å². The molecule has 0 atom stereocenters. The minimum Gasteiger partial charge on any atom is -0.496 e. The number of nitrogens with one attached hydrogen (secondary N) is 1. The Hall–Kier alpha value is -2.46. The molecule has 0 unspecified atom stereocenters. The number of amides is 1. The van der Waals surface area contributed by atoms with Crippen LogP contribution in [0, 0.1) is 0 Å². The zero-order valence-corrected chi connectivity index (χ0v) is 12.7. The summed E-state index contributed by atoms with van der Waals surface area (Å²) < 4.78 is 10.8. The van der Waals surface area contributed by atoms with Crippen molar-refractivity contribution in [1.82, 2.24) is 5.32 Å². The minimum atomic E-state index is -0.264. The fourth-order valence-electron chi connectivity index (χ4n) is 2.24. The Labute approximate surface area is 132 Å². The highest BCUT2D eigenvalue weighted by Gasteiger charge is 2.13. The maximum Gasteiger partial charge on any atom is 0.255 e. The molecule has 0 aliphatic heterocycles. The van der Waals surface area contributed by atoms with Crippen LogP contribution >= 0.6 is 11.6 Å². The summed E-state index contributed by atoms with van der Waals surface area (Å²) in [5.41, 5.74) is 1.19. The molecule has 112 valence electrons. The van der Waals surface area contributed by atoms with Gasteiger partial charge in [0.2, 0.25) is 0 Å². The SMILES string of the molecule is COc1ccc(Cl)cc1C(=O)NCc1cc2ccccc2o1. The largest absolute Gasteiger partial charge is 0.496 e. The topological polar surface area (TPSA) is 51.5 Å². The number of fused-ring (bicyclic) bond motifs is 1. The van der Waals surface area contributed by atoms with E-state index in [0.717, 1.165) is 11.0 Å². The number of methoxy groups -OCH3 is 1. The predicted molar refractivity (Wildman–Crippen MR) is 85.4 cm³/mol. The van der Waals surface area contributed by atoms with E-state index < -0.39 is 0 Å². The van der Waals surface area contributed by atoms with Gasteiger partial charge in [0, 0.05) is 10.4 Å². The molecule has 0 spiro atoms. The van der Waals surface area contributed by atoms with E-state index in [-0.39, 0.29) is 5.91 Å². The van der Waals surface area contributed by atoms with Crippen molar-refractivity contribution >= 4 is 28.5 Å². The van der Waals surface area contributed by atoms with Crippen molar-refractivity contribution in [3.05, 3.63) is 64.9 Å². The summed E-state index contributed by atoms with van der Waals surface area (Å²) in [5, 5.41) is 4.29. The van der Waals surface area contributed by atoms with Gasteiger partial charge in [-0.05, 0) is 30.3 Å². The highest BCUT2D eigenvalue weighted by atomic mass is 35.5. The Morgan fingerprint density at radius 3 is 2.82 bits per heavy atom. The first kappa shape index (κ1) is 14.5. The molecule has 4 nitrogen and oxygen atoms in total. The van der Waals surface area contributed by atoms with Gasteiger partial charge in [0.25, 0.3) is 5.91 Å². The third-order valence-corrected chi connectivity index (χ3v) is 3.54. The number of para-hydroxylation sites is 1. The molecule has 0 aliphatic carbocycles. The zero-order chi connectivity index (χ0) is 15.5. The molecule has 0 saturated carbocycles. The van der Waals surface area contributed by atoms with E-state index in [0.29, 0.717) is 28.6 Å². The minimum absolute atomic E-state index is 0.264. The van der Waals surface area contributed by atoms with Crippen LogP contribution in [0.4, 0.5) is 0 Å². The smallest absolute Gasteiger partial charge is 0.255 e. The summed E-state index contributed by atoms with van der Waals surface area (Å²) in [4.78, 5) is 12.3. The molecule has 0 fully saturated rings. The van der Waals surface area contributed by atoms with E-state index in [1.54, 1.807) is 18.2 Å². The zero-order valence-electron chi connectivity index (χ0n) is 11.9. The number of furan rings is 1. The van der Waals surface area contributed by atoms with Gasteiger partial charge in [-0.2, -0.15) is 0 Å². The van der Waals surface area contributed by atoms with Crippen molar-refractivity contribution in [3.63, 3.8) is 0 Å². The highest BCUT2D eigenvalue weighted by molar-refractivity contribution is 6.31. The van der Waals surface area contributed by atoms with Crippen LogP contribution in [-0.4, -0.2) is 13.0 Å². The normalized spacial score (nSPS) is 10.6. The fourth-order valence-corrected chi connectivity index (χ4v) is 2.42. The third-order valence-electron chi connectivity index (χ3n) is 3.31. The van der Waals surface area contributed by atoms with Crippen LogP contribution in [0.3, 0.4) is 0 Å². The van der Waals surface area contributed by atoms with Crippen LogP contribution < -0.4 is 10.1 Å². The van der Waals surface area contributed by atoms with Gasteiger partial charge in [0.05, 0.1) is 19.2 Å². The van der Waals surface area contributed by atoms with E-state index in [4.69, 9.17) is 20.8 Å². The Balaban J connectivity index is 1.76. The molecule has 0 saturated heterocycles. The van der Waals surface area contributed by atoms with Crippen LogP contribution in [0.25, 0.3) is 11.0 Å². The maximum absolute atomic E-state index is 12.3. The Morgan fingerprint density at radius 2 is 2.05 bits per heavy atom. The standard InChI is InChI=1S/C17H14ClNO3/c1-21-16-7-6-12(18)9-14(16)17(20)19-10-13-8-11-4-2-3-5-15(11)22-13/h2-9H,10H2,1H3,(H,19,20). The van der Waals surface area contributed by atoms with Crippen molar-refractivity contribution in [2.75, 3.05) is 7.11 Å². The summed E-state index contributed by atoms with van der Waals surface area (Å²) in [6.45, 7) is 0.295. The molecule has 0 bridgehead atoms. The lowest BCUT2D eigenvalue weighted by molar-refractivity contribution is 0.0945. The number of hydrogen-bond acceptors (Lipinski definition) is 3. The first-order chi connectivity index (χ1) is 10.7. The summed E-state index contributed by atoms with van der Waals surface area (Å²) in [7, 11) is 1.51. The summed E-state index contributed by atoms with van der Waals surface area (Å²) >= 11 is 5.93. The number of carbonyl (C=O) groups is 1. The van der Waals surface area contributed by atoms with Gasteiger partial charge in [0.1, 0.15) is 17.1 Å². The average Bonchev–Trinajstić information content (AvgIpc) is 2.95. The lowest BCUT2D eigenvalue weighted by Gasteiger charge is -2.08. The number of ether oxygens (including phenoxy) is 1. The fraction of sp³-hybridized carbons (Fsp3) is 0.118. The van der Waals surface area contributed by atoms with Gasteiger partial charge in [0.15, 0.2) is 0 Å². The molecule has 0 radical (unpaired) electrons. The second-order valence-electron chi connectivity index (χ2n) is 4.78. The van der Waals surface area contributed by atoms with E-state index in [1.807, 2.05) is 30.3 Å². The molecular formula is C17H14ClNO3. The van der Waals surface area contributed by atoms with Crippen LogP contribution in [0.2, 0.25) is 5.02 Å². The summed E-state index contributed by atoms with van der Waals surface area (Å²) in [6.07, 6.45) is 0. The summed E-state index contributed by atoms with van der Waals surface area (Å²) in [6, 6.07) is 14.5. The first-order valence-corrected chi connectivity index (χ1v) is 7.14.